The van der Waals surface area contributed by atoms with Crippen LogP contribution < -0.4 is 10.0 Å². The molecule has 1 heterocycles. The van der Waals surface area contributed by atoms with E-state index >= 15 is 0 Å². The monoisotopic (exact) mass is 466 g/mol. The Morgan fingerprint density at radius 2 is 1.59 bits per heavy atom. The summed E-state index contributed by atoms with van der Waals surface area (Å²) in [5.74, 6) is -0.351. The molecule has 4 rings (SSSR count). The summed E-state index contributed by atoms with van der Waals surface area (Å²) in [6.45, 7) is 1.89. The highest BCUT2D eigenvalue weighted by Gasteiger charge is 2.14. The summed E-state index contributed by atoms with van der Waals surface area (Å²) in [5, 5.41) is 7.48. The minimum Gasteiger partial charge on any atom is -0.322 e. The number of sulfonamides is 1. The summed E-state index contributed by atoms with van der Waals surface area (Å²) >= 11 is 6.17. The summed E-state index contributed by atoms with van der Waals surface area (Å²) in [6.07, 6.45) is 3.03. The summed E-state index contributed by atoms with van der Waals surface area (Å²) in [6, 6.07) is 20.1. The van der Waals surface area contributed by atoms with Crippen LogP contribution in [0.2, 0.25) is 5.02 Å². The quantitative estimate of drug-likeness (QED) is 0.423. The predicted octanol–water partition coefficient (Wildman–Crippen LogP) is 4.89. The highest BCUT2D eigenvalue weighted by atomic mass is 35.5. The summed E-state index contributed by atoms with van der Waals surface area (Å²) in [4.78, 5) is 12.7. The molecular formula is C23H19ClN4O3S. The number of hydrogen-bond donors (Lipinski definition) is 2. The van der Waals surface area contributed by atoms with E-state index < -0.39 is 10.0 Å². The molecule has 0 bridgehead atoms. The molecule has 7 nitrogen and oxygen atoms in total. The number of nitrogens with zero attached hydrogens (tertiary/aromatic N) is 2. The van der Waals surface area contributed by atoms with E-state index in [2.05, 4.69) is 15.1 Å². The molecule has 2 N–H and O–H groups in total. The van der Waals surface area contributed by atoms with Crippen LogP contribution in [0, 0.1) is 6.92 Å². The van der Waals surface area contributed by atoms with Crippen LogP contribution in [0.25, 0.3) is 5.69 Å². The first-order valence-electron chi connectivity index (χ1n) is 9.62. The highest BCUT2D eigenvalue weighted by molar-refractivity contribution is 7.92. The van der Waals surface area contributed by atoms with Crippen molar-refractivity contribution in [3.05, 3.63) is 101 Å². The van der Waals surface area contributed by atoms with Gasteiger partial charge in [-0.2, -0.15) is 5.10 Å². The zero-order valence-electron chi connectivity index (χ0n) is 17.0. The first-order chi connectivity index (χ1) is 15.3. The Morgan fingerprint density at radius 1 is 0.938 bits per heavy atom. The van der Waals surface area contributed by atoms with Gasteiger partial charge in [0.05, 0.1) is 27.4 Å². The van der Waals surface area contributed by atoms with E-state index in [1.807, 2.05) is 19.1 Å². The molecule has 9 heteroatoms. The Bertz CT molecular complexity index is 1370. The standard InChI is InChI=1S/C23H19ClN4O3S/c1-16-6-12-20(13-7-16)32(30,31)27-19-10-8-18(9-11-19)26-23(29)17-14-25-28(15-17)22-5-3-2-4-21(22)24/h2-15,27H,1H3,(H,26,29). The molecule has 0 saturated heterocycles. The van der Waals surface area contributed by atoms with Crippen molar-refractivity contribution in [1.82, 2.24) is 9.78 Å². The lowest BCUT2D eigenvalue weighted by atomic mass is 10.2. The van der Waals surface area contributed by atoms with Crippen LogP contribution in [0.15, 0.2) is 90.1 Å². The minimum atomic E-state index is -3.70. The van der Waals surface area contributed by atoms with Crippen LogP contribution in [0.4, 0.5) is 11.4 Å². The fraction of sp³-hybridized carbons (Fsp3) is 0.0435. The van der Waals surface area contributed by atoms with Gasteiger partial charge in [0.15, 0.2) is 0 Å². The highest BCUT2D eigenvalue weighted by Crippen LogP contribution is 2.21. The third-order valence-corrected chi connectivity index (χ3v) is 6.39. The van der Waals surface area contributed by atoms with Crippen molar-refractivity contribution in [2.24, 2.45) is 0 Å². The molecular weight excluding hydrogens is 448 g/mol. The molecule has 0 aliphatic heterocycles. The molecule has 0 aliphatic carbocycles. The van der Waals surface area contributed by atoms with E-state index in [9.17, 15) is 13.2 Å². The van der Waals surface area contributed by atoms with Crippen molar-refractivity contribution in [2.75, 3.05) is 10.0 Å². The zero-order chi connectivity index (χ0) is 22.7. The van der Waals surface area contributed by atoms with Crippen LogP contribution in [0.1, 0.15) is 15.9 Å². The van der Waals surface area contributed by atoms with Gasteiger partial charge in [0, 0.05) is 17.6 Å². The van der Waals surface area contributed by atoms with Crippen molar-refractivity contribution in [3.8, 4) is 5.69 Å². The predicted molar refractivity (Wildman–Crippen MR) is 125 cm³/mol. The Balaban J connectivity index is 1.43. The number of aryl methyl sites for hydroxylation is 1. The number of carbonyl (C=O) groups excluding carboxylic acids is 1. The van der Waals surface area contributed by atoms with Gasteiger partial charge in [-0.05, 0) is 55.5 Å². The molecule has 0 unspecified atom stereocenters. The number of hydrogen-bond acceptors (Lipinski definition) is 4. The van der Waals surface area contributed by atoms with Gasteiger partial charge in [-0.15, -0.1) is 0 Å². The zero-order valence-corrected chi connectivity index (χ0v) is 18.6. The Morgan fingerprint density at radius 3 is 2.28 bits per heavy atom. The number of anilines is 2. The molecule has 0 aliphatic rings. The molecule has 0 fully saturated rings. The Kier molecular flexibility index (Phi) is 5.98. The van der Waals surface area contributed by atoms with Gasteiger partial charge < -0.3 is 5.32 Å². The van der Waals surface area contributed by atoms with Crippen LogP contribution in [0.5, 0.6) is 0 Å². The minimum absolute atomic E-state index is 0.177. The third-order valence-electron chi connectivity index (χ3n) is 4.67. The summed E-state index contributed by atoms with van der Waals surface area (Å²) in [5.41, 5.74) is 2.89. The van der Waals surface area contributed by atoms with E-state index in [1.165, 1.54) is 10.9 Å². The van der Waals surface area contributed by atoms with Crippen molar-refractivity contribution < 1.29 is 13.2 Å². The van der Waals surface area contributed by atoms with Gasteiger partial charge in [0.1, 0.15) is 0 Å². The second-order valence-corrected chi connectivity index (χ2v) is 9.16. The van der Waals surface area contributed by atoms with Gasteiger partial charge >= 0.3 is 0 Å². The Labute approximate surface area is 190 Å². The molecule has 0 spiro atoms. The molecule has 4 aromatic rings. The second-order valence-electron chi connectivity index (χ2n) is 7.08. The smallest absolute Gasteiger partial charge is 0.261 e. The van der Waals surface area contributed by atoms with Crippen molar-refractivity contribution in [1.29, 1.82) is 0 Å². The average molecular weight is 467 g/mol. The van der Waals surface area contributed by atoms with Crippen molar-refractivity contribution in [2.45, 2.75) is 11.8 Å². The van der Waals surface area contributed by atoms with E-state index in [0.29, 0.717) is 27.6 Å². The van der Waals surface area contributed by atoms with Crippen molar-refractivity contribution in [3.63, 3.8) is 0 Å². The van der Waals surface area contributed by atoms with E-state index in [-0.39, 0.29) is 10.8 Å². The number of para-hydroxylation sites is 1. The molecule has 0 radical (unpaired) electrons. The topological polar surface area (TPSA) is 93.1 Å². The number of carbonyl (C=O) groups is 1. The Hall–Kier alpha value is -3.62. The lowest BCUT2D eigenvalue weighted by Gasteiger charge is -2.09. The maximum atomic E-state index is 12.6. The molecule has 0 saturated carbocycles. The van der Waals surface area contributed by atoms with Crippen molar-refractivity contribution >= 4 is 38.9 Å². The van der Waals surface area contributed by atoms with Crippen LogP contribution in [-0.4, -0.2) is 24.1 Å². The van der Waals surface area contributed by atoms with Crippen LogP contribution in [-0.2, 0) is 10.0 Å². The van der Waals surface area contributed by atoms with E-state index in [0.717, 1.165) is 5.56 Å². The van der Waals surface area contributed by atoms with Gasteiger partial charge in [0.2, 0.25) is 0 Å². The number of amides is 1. The average Bonchev–Trinajstić information content (AvgIpc) is 3.26. The lowest BCUT2D eigenvalue weighted by Crippen LogP contribution is -2.13. The summed E-state index contributed by atoms with van der Waals surface area (Å²) in [7, 11) is -3.70. The molecule has 0 atom stereocenters. The lowest BCUT2D eigenvalue weighted by molar-refractivity contribution is 0.102. The van der Waals surface area contributed by atoms with Crippen LogP contribution >= 0.6 is 11.6 Å². The number of nitrogens with one attached hydrogen (secondary N) is 2. The van der Waals surface area contributed by atoms with Gasteiger partial charge in [0.25, 0.3) is 15.9 Å². The fourth-order valence-electron chi connectivity index (χ4n) is 2.97. The molecule has 3 aromatic carbocycles. The van der Waals surface area contributed by atoms with E-state index in [4.69, 9.17) is 11.6 Å². The molecule has 1 aromatic heterocycles. The largest absolute Gasteiger partial charge is 0.322 e. The first-order valence-corrected chi connectivity index (χ1v) is 11.5. The third kappa shape index (κ3) is 4.82. The van der Waals surface area contributed by atoms with Crippen LogP contribution in [0.3, 0.4) is 0 Å². The number of rotatable bonds is 6. The maximum Gasteiger partial charge on any atom is 0.261 e. The number of aromatic nitrogens is 2. The normalized spacial score (nSPS) is 11.2. The molecule has 32 heavy (non-hydrogen) atoms. The number of benzene rings is 3. The summed E-state index contributed by atoms with van der Waals surface area (Å²) < 4.78 is 29.1. The molecule has 1 amide bonds. The molecule has 162 valence electrons. The van der Waals surface area contributed by atoms with E-state index in [1.54, 1.807) is 66.9 Å². The second kappa shape index (κ2) is 8.86. The fourth-order valence-corrected chi connectivity index (χ4v) is 4.25. The maximum absolute atomic E-state index is 12.6. The van der Waals surface area contributed by atoms with Gasteiger partial charge in [-0.25, -0.2) is 13.1 Å². The van der Waals surface area contributed by atoms with Gasteiger partial charge in [-0.1, -0.05) is 41.4 Å². The number of halogens is 1. The first kappa shape index (κ1) is 21.6. The van der Waals surface area contributed by atoms with Gasteiger partial charge in [-0.3, -0.25) is 9.52 Å². The SMILES string of the molecule is Cc1ccc(S(=O)(=O)Nc2ccc(NC(=O)c3cnn(-c4ccccc4Cl)c3)cc2)cc1.